The Morgan fingerprint density at radius 3 is 2.74 bits per heavy atom. The second-order valence-electron chi connectivity index (χ2n) is 6.98. The van der Waals surface area contributed by atoms with Crippen LogP contribution in [0.25, 0.3) is 10.7 Å². The van der Waals surface area contributed by atoms with Crippen LogP contribution in [0.15, 0.2) is 45.1 Å². The Labute approximate surface area is 190 Å². The van der Waals surface area contributed by atoms with Gasteiger partial charge in [-0.15, -0.1) is 11.3 Å². The van der Waals surface area contributed by atoms with E-state index >= 15 is 0 Å². The summed E-state index contributed by atoms with van der Waals surface area (Å²) in [5, 5.41) is 8.93. The summed E-state index contributed by atoms with van der Waals surface area (Å²) in [4.78, 5) is 17.8. The third-order valence-corrected chi connectivity index (χ3v) is 7.53. The van der Waals surface area contributed by atoms with Gasteiger partial charge < -0.3 is 9.84 Å². The van der Waals surface area contributed by atoms with E-state index in [-0.39, 0.29) is 15.5 Å². The van der Waals surface area contributed by atoms with Gasteiger partial charge in [0.25, 0.3) is 5.91 Å². The molecule has 0 unspecified atom stereocenters. The second kappa shape index (κ2) is 10.4. The molecule has 1 N–H and O–H groups in total. The van der Waals surface area contributed by atoms with Crippen LogP contribution in [0.4, 0.5) is 0 Å². The number of carbonyl (C=O) groups excluding carboxylic acids is 1. The smallest absolute Gasteiger partial charge is 0.252 e. The lowest BCUT2D eigenvalue weighted by Gasteiger charge is -2.13. The molecule has 0 fully saturated rings. The zero-order valence-electron chi connectivity index (χ0n) is 17.2. The summed E-state index contributed by atoms with van der Waals surface area (Å²) >= 11 is 7.66. The van der Waals surface area contributed by atoms with E-state index in [4.69, 9.17) is 16.1 Å². The summed E-state index contributed by atoms with van der Waals surface area (Å²) < 4.78 is 30.9. The topological polar surface area (TPSA) is 105 Å². The third-order valence-electron chi connectivity index (χ3n) is 4.52. The van der Waals surface area contributed by atoms with Gasteiger partial charge in [-0.05, 0) is 42.5 Å². The Morgan fingerprint density at radius 1 is 1.23 bits per heavy atom. The van der Waals surface area contributed by atoms with Crippen molar-refractivity contribution in [3.8, 4) is 10.7 Å². The molecule has 2 aromatic heterocycles. The molecule has 0 saturated carbocycles. The van der Waals surface area contributed by atoms with Crippen molar-refractivity contribution in [1.82, 2.24) is 19.8 Å². The van der Waals surface area contributed by atoms with Crippen molar-refractivity contribution in [2.75, 3.05) is 20.6 Å². The first kappa shape index (κ1) is 23.4. The molecule has 3 aromatic rings. The van der Waals surface area contributed by atoms with Gasteiger partial charge in [-0.3, -0.25) is 4.79 Å². The van der Waals surface area contributed by atoms with Crippen LogP contribution in [0.5, 0.6) is 0 Å². The summed E-state index contributed by atoms with van der Waals surface area (Å²) in [7, 11) is -0.783. The number of hydrogen-bond acceptors (Lipinski definition) is 7. The van der Waals surface area contributed by atoms with Crippen LogP contribution in [0.3, 0.4) is 0 Å². The summed E-state index contributed by atoms with van der Waals surface area (Å²) in [5.41, 5.74) is 0.136. The maximum absolute atomic E-state index is 12.4. The highest BCUT2D eigenvalue weighted by Crippen LogP contribution is 2.23. The number of hydrogen-bond donors (Lipinski definition) is 1. The molecule has 1 amide bonds. The molecule has 0 saturated heterocycles. The van der Waals surface area contributed by atoms with Crippen LogP contribution in [-0.2, 0) is 16.4 Å². The molecular weight excluding hydrogens is 460 g/mol. The molecular formula is C20H23ClN4O4S2. The van der Waals surface area contributed by atoms with E-state index in [0.29, 0.717) is 24.7 Å². The first-order chi connectivity index (χ1) is 14.8. The monoisotopic (exact) mass is 482 g/mol. The maximum atomic E-state index is 12.4. The summed E-state index contributed by atoms with van der Waals surface area (Å²) in [5.74, 6) is 0.795. The molecule has 0 bridgehead atoms. The molecule has 11 heteroatoms. The Hall–Kier alpha value is -2.27. The van der Waals surface area contributed by atoms with Crippen molar-refractivity contribution in [3.05, 3.63) is 52.2 Å². The number of aryl methyl sites for hydroxylation is 1. The standard InChI is InChI=1S/C20H23ClN4O4S2/c1-25(2)31(27,28)14-9-10-16(21)15(13-14)20(26)22-11-5-3-4-8-18-23-19(24-29-18)17-7-6-12-30-17/h6-7,9-10,12-13H,3-5,8,11H2,1-2H3,(H,22,26). The lowest BCUT2D eigenvalue weighted by molar-refractivity contribution is 0.0953. The molecule has 8 nitrogen and oxygen atoms in total. The number of aromatic nitrogens is 2. The number of sulfonamides is 1. The summed E-state index contributed by atoms with van der Waals surface area (Å²) in [6.07, 6.45) is 3.13. The number of amides is 1. The lowest BCUT2D eigenvalue weighted by atomic mass is 10.2. The zero-order valence-corrected chi connectivity index (χ0v) is 19.6. The number of nitrogens with zero attached hydrogens (tertiary/aromatic N) is 3. The fourth-order valence-electron chi connectivity index (χ4n) is 2.79. The second-order valence-corrected chi connectivity index (χ2v) is 10.5. The van der Waals surface area contributed by atoms with Gasteiger partial charge in [0, 0.05) is 27.1 Å². The number of halogens is 1. The average Bonchev–Trinajstić information content (AvgIpc) is 3.42. The highest BCUT2D eigenvalue weighted by molar-refractivity contribution is 7.89. The molecule has 0 aliphatic heterocycles. The molecule has 0 atom stereocenters. The molecule has 0 aliphatic carbocycles. The lowest BCUT2D eigenvalue weighted by Crippen LogP contribution is -2.26. The van der Waals surface area contributed by atoms with Crippen LogP contribution < -0.4 is 5.32 Å². The average molecular weight is 483 g/mol. The number of benzene rings is 1. The fourth-order valence-corrected chi connectivity index (χ4v) is 4.57. The van der Waals surface area contributed by atoms with Crippen LogP contribution in [-0.4, -0.2) is 49.4 Å². The molecule has 2 heterocycles. The van der Waals surface area contributed by atoms with Crippen molar-refractivity contribution in [1.29, 1.82) is 0 Å². The van der Waals surface area contributed by atoms with E-state index < -0.39 is 15.9 Å². The number of unbranched alkanes of at least 4 members (excludes halogenated alkanes) is 2. The molecule has 1 aromatic carbocycles. The highest BCUT2D eigenvalue weighted by Gasteiger charge is 2.20. The minimum atomic E-state index is -3.65. The van der Waals surface area contributed by atoms with Crippen LogP contribution in [0.1, 0.15) is 35.5 Å². The molecule has 0 spiro atoms. The predicted octanol–water partition coefficient (Wildman–Crippen LogP) is 3.84. The minimum Gasteiger partial charge on any atom is -0.352 e. The van der Waals surface area contributed by atoms with Gasteiger partial charge in [0.05, 0.1) is 20.4 Å². The van der Waals surface area contributed by atoms with Crippen LogP contribution >= 0.6 is 22.9 Å². The Kier molecular flexibility index (Phi) is 7.82. The number of nitrogens with one attached hydrogen (secondary N) is 1. The third kappa shape index (κ3) is 5.91. The Morgan fingerprint density at radius 2 is 2.03 bits per heavy atom. The van der Waals surface area contributed by atoms with Crippen LogP contribution in [0, 0.1) is 0 Å². The minimum absolute atomic E-state index is 0.0218. The Bertz CT molecular complexity index is 1130. The largest absolute Gasteiger partial charge is 0.352 e. The van der Waals surface area contributed by atoms with E-state index in [1.807, 2.05) is 17.5 Å². The summed E-state index contributed by atoms with van der Waals surface area (Å²) in [6, 6.07) is 7.99. The maximum Gasteiger partial charge on any atom is 0.252 e. The van der Waals surface area contributed by atoms with Crippen molar-refractivity contribution in [2.45, 2.75) is 30.6 Å². The van der Waals surface area contributed by atoms with Crippen molar-refractivity contribution in [2.24, 2.45) is 0 Å². The van der Waals surface area contributed by atoms with Gasteiger partial charge in [0.1, 0.15) is 0 Å². The molecule has 166 valence electrons. The SMILES string of the molecule is CN(C)S(=O)(=O)c1ccc(Cl)c(C(=O)NCCCCCc2nc(-c3cccs3)no2)c1. The van der Waals surface area contributed by atoms with E-state index in [1.165, 1.54) is 32.3 Å². The van der Waals surface area contributed by atoms with Gasteiger partial charge in [0.15, 0.2) is 0 Å². The van der Waals surface area contributed by atoms with Crippen molar-refractivity contribution < 1.29 is 17.7 Å². The number of thiophene rings is 1. The van der Waals surface area contributed by atoms with E-state index in [2.05, 4.69) is 15.5 Å². The van der Waals surface area contributed by atoms with Crippen molar-refractivity contribution in [3.63, 3.8) is 0 Å². The quantitative estimate of drug-likeness (QED) is 0.440. The molecule has 3 rings (SSSR count). The zero-order chi connectivity index (χ0) is 22.4. The first-order valence-electron chi connectivity index (χ1n) is 9.66. The molecule has 0 radical (unpaired) electrons. The van der Waals surface area contributed by atoms with Crippen LogP contribution in [0.2, 0.25) is 5.02 Å². The van der Waals surface area contributed by atoms with Gasteiger partial charge in [-0.1, -0.05) is 29.2 Å². The predicted molar refractivity (Wildman–Crippen MR) is 120 cm³/mol. The van der Waals surface area contributed by atoms with E-state index in [9.17, 15) is 13.2 Å². The summed E-state index contributed by atoms with van der Waals surface area (Å²) in [6.45, 7) is 0.449. The molecule has 31 heavy (non-hydrogen) atoms. The normalized spacial score (nSPS) is 11.7. The highest BCUT2D eigenvalue weighted by atomic mass is 35.5. The van der Waals surface area contributed by atoms with Gasteiger partial charge in [-0.2, -0.15) is 4.98 Å². The molecule has 0 aliphatic rings. The van der Waals surface area contributed by atoms with E-state index in [0.717, 1.165) is 28.4 Å². The number of carbonyl (C=O) groups is 1. The van der Waals surface area contributed by atoms with Gasteiger partial charge >= 0.3 is 0 Å². The van der Waals surface area contributed by atoms with Crippen molar-refractivity contribution >= 4 is 38.9 Å². The van der Waals surface area contributed by atoms with E-state index in [1.54, 1.807) is 11.3 Å². The first-order valence-corrected chi connectivity index (χ1v) is 12.4. The Balaban J connectivity index is 1.44. The van der Waals surface area contributed by atoms with Gasteiger partial charge in [-0.25, -0.2) is 12.7 Å². The number of rotatable bonds is 10. The fraction of sp³-hybridized carbons (Fsp3) is 0.350. The van der Waals surface area contributed by atoms with Gasteiger partial charge in [0.2, 0.25) is 21.7 Å².